The van der Waals surface area contributed by atoms with Gasteiger partial charge < -0.3 is 0 Å². The molecule has 1 nitrogen and oxygen atoms in total. The zero-order valence-corrected chi connectivity index (χ0v) is 13.9. The quantitative estimate of drug-likeness (QED) is 0.592. The summed E-state index contributed by atoms with van der Waals surface area (Å²) in [6.45, 7) is 6.70. The van der Waals surface area contributed by atoms with Crippen LogP contribution in [0.3, 0.4) is 0 Å². The molecule has 0 unspecified atom stereocenters. The van der Waals surface area contributed by atoms with Crippen molar-refractivity contribution in [3.63, 3.8) is 0 Å². The van der Waals surface area contributed by atoms with Gasteiger partial charge in [-0.25, -0.2) is 0 Å². The number of rotatable bonds is 7. The molecular weight excluding hydrogens is 268 g/mol. The van der Waals surface area contributed by atoms with E-state index in [-0.39, 0.29) is 11.2 Å². The molecule has 22 heavy (non-hydrogen) atoms. The van der Waals surface area contributed by atoms with E-state index in [4.69, 9.17) is 0 Å². The third-order valence-electron chi connectivity index (χ3n) is 4.86. The van der Waals surface area contributed by atoms with Gasteiger partial charge in [-0.2, -0.15) is 0 Å². The van der Waals surface area contributed by atoms with E-state index >= 15 is 0 Å². The summed E-state index contributed by atoms with van der Waals surface area (Å²) >= 11 is 0. The summed E-state index contributed by atoms with van der Waals surface area (Å²) in [6.07, 6.45) is 4.39. The molecule has 0 saturated carbocycles. The Morgan fingerprint density at radius 2 is 1.45 bits per heavy atom. The van der Waals surface area contributed by atoms with Gasteiger partial charge in [0.15, 0.2) is 5.78 Å². The fourth-order valence-electron chi connectivity index (χ4n) is 3.49. The summed E-state index contributed by atoms with van der Waals surface area (Å²) < 4.78 is 0. The van der Waals surface area contributed by atoms with Crippen molar-refractivity contribution in [2.75, 3.05) is 0 Å². The highest BCUT2D eigenvalue weighted by Gasteiger charge is 2.31. The standard InChI is InChI=1S/C21H26O/c1-4-16-21(5-2,6-3)19-15-11-10-14-18(19)20(22)17-12-8-7-9-13-17/h7-15H,4-6,16H2,1-3H3. The molecular formula is C21H26O. The predicted molar refractivity (Wildman–Crippen MR) is 93.5 cm³/mol. The lowest BCUT2D eigenvalue weighted by Crippen LogP contribution is -2.27. The highest BCUT2D eigenvalue weighted by molar-refractivity contribution is 6.10. The lowest BCUT2D eigenvalue weighted by atomic mass is 9.70. The molecule has 0 amide bonds. The van der Waals surface area contributed by atoms with E-state index in [1.807, 2.05) is 42.5 Å². The molecule has 116 valence electrons. The monoisotopic (exact) mass is 294 g/mol. The third-order valence-corrected chi connectivity index (χ3v) is 4.86. The highest BCUT2D eigenvalue weighted by Crippen LogP contribution is 2.38. The van der Waals surface area contributed by atoms with Crippen molar-refractivity contribution < 1.29 is 4.79 Å². The Kier molecular flexibility index (Phi) is 5.54. The van der Waals surface area contributed by atoms with Crippen LogP contribution < -0.4 is 0 Å². The zero-order chi connectivity index (χ0) is 16.0. The van der Waals surface area contributed by atoms with Crippen molar-refractivity contribution in [3.8, 4) is 0 Å². The van der Waals surface area contributed by atoms with Crippen LogP contribution in [0.5, 0.6) is 0 Å². The first-order valence-electron chi connectivity index (χ1n) is 8.37. The summed E-state index contributed by atoms with van der Waals surface area (Å²) in [4.78, 5) is 12.9. The summed E-state index contributed by atoms with van der Waals surface area (Å²) in [6, 6.07) is 17.8. The van der Waals surface area contributed by atoms with Gasteiger partial charge in [0.1, 0.15) is 0 Å². The van der Waals surface area contributed by atoms with E-state index in [1.165, 1.54) is 5.56 Å². The normalized spacial score (nSPS) is 11.4. The van der Waals surface area contributed by atoms with Crippen LogP contribution in [0, 0.1) is 0 Å². The number of carbonyl (C=O) groups is 1. The second-order valence-electron chi connectivity index (χ2n) is 5.98. The fraction of sp³-hybridized carbons (Fsp3) is 0.381. The molecule has 1 heteroatoms. The number of carbonyl (C=O) groups excluding carboxylic acids is 1. The van der Waals surface area contributed by atoms with Gasteiger partial charge in [-0.3, -0.25) is 4.79 Å². The molecule has 0 radical (unpaired) electrons. The van der Waals surface area contributed by atoms with Gasteiger partial charge in [0.2, 0.25) is 0 Å². The maximum Gasteiger partial charge on any atom is 0.193 e. The third kappa shape index (κ3) is 3.14. The lowest BCUT2D eigenvalue weighted by Gasteiger charge is -2.34. The van der Waals surface area contributed by atoms with Gasteiger partial charge in [-0.05, 0) is 30.2 Å². The van der Waals surface area contributed by atoms with Gasteiger partial charge in [0.25, 0.3) is 0 Å². The predicted octanol–water partition coefficient (Wildman–Crippen LogP) is 5.78. The number of hydrogen-bond acceptors (Lipinski definition) is 1. The first-order chi connectivity index (χ1) is 10.7. The summed E-state index contributed by atoms with van der Waals surface area (Å²) in [5.41, 5.74) is 2.96. The van der Waals surface area contributed by atoms with E-state index in [9.17, 15) is 4.79 Å². The van der Waals surface area contributed by atoms with Crippen LogP contribution in [-0.2, 0) is 5.41 Å². The Balaban J connectivity index is 2.53. The van der Waals surface area contributed by atoms with Crippen LogP contribution in [0.15, 0.2) is 54.6 Å². The molecule has 0 N–H and O–H groups in total. The fourth-order valence-corrected chi connectivity index (χ4v) is 3.49. The summed E-state index contributed by atoms with van der Waals surface area (Å²) in [7, 11) is 0. The molecule has 0 saturated heterocycles. The maximum absolute atomic E-state index is 12.9. The van der Waals surface area contributed by atoms with Crippen molar-refractivity contribution in [2.45, 2.75) is 51.9 Å². The molecule has 0 bridgehead atoms. The van der Waals surface area contributed by atoms with Crippen molar-refractivity contribution in [1.29, 1.82) is 0 Å². The van der Waals surface area contributed by atoms with Crippen molar-refractivity contribution in [1.82, 2.24) is 0 Å². The molecule has 0 fully saturated rings. The van der Waals surface area contributed by atoms with E-state index in [0.717, 1.165) is 36.8 Å². The van der Waals surface area contributed by atoms with Crippen LogP contribution in [-0.4, -0.2) is 5.78 Å². The minimum absolute atomic E-state index is 0.107. The summed E-state index contributed by atoms with van der Waals surface area (Å²) in [5.74, 6) is 0.138. The van der Waals surface area contributed by atoms with Crippen LogP contribution >= 0.6 is 0 Å². The Morgan fingerprint density at radius 1 is 0.864 bits per heavy atom. The second-order valence-corrected chi connectivity index (χ2v) is 5.98. The van der Waals surface area contributed by atoms with Crippen LogP contribution in [0.1, 0.15) is 67.9 Å². The number of hydrogen-bond donors (Lipinski definition) is 0. The largest absolute Gasteiger partial charge is 0.289 e. The van der Waals surface area contributed by atoms with Crippen molar-refractivity contribution in [3.05, 3.63) is 71.3 Å². The topological polar surface area (TPSA) is 17.1 Å². The van der Waals surface area contributed by atoms with Crippen LogP contribution in [0.25, 0.3) is 0 Å². The molecule has 0 aliphatic heterocycles. The maximum atomic E-state index is 12.9. The molecule has 2 aromatic carbocycles. The van der Waals surface area contributed by atoms with Gasteiger partial charge in [0.05, 0.1) is 0 Å². The molecule has 0 aromatic heterocycles. The molecule has 0 spiro atoms. The van der Waals surface area contributed by atoms with Gasteiger partial charge in [-0.15, -0.1) is 0 Å². The summed E-state index contributed by atoms with van der Waals surface area (Å²) in [5, 5.41) is 0. The van der Waals surface area contributed by atoms with Crippen LogP contribution in [0.4, 0.5) is 0 Å². The smallest absolute Gasteiger partial charge is 0.193 e. The van der Waals surface area contributed by atoms with E-state index < -0.39 is 0 Å². The van der Waals surface area contributed by atoms with E-state index in [1.54, 1.807) is 0 Å². The Hall–Kier alpha value is -1.89. The average Bonchev–Trinajstić information content (AvgIpc) is 2.60. The minimum Gasteiger partial charge on any atom is -0.289 e. The first-order valence-corrected chi connectivity index (χ1v) is 8.37. The van der Waals surface area contributed by atoms with Gasteiger partial charge in [-0.1, -0.05) is 81.8 Å². The Morgan fingerprint density at radius 3 is 2.05 bits per heavy atom. The number of ketones is 1. The van der Waals surface area contributed by atoms with Crippen molar-refractivity contribution in [2.24, 2.45) is 0 Å². The molecule has 0 heterocycles. The Bertz CT molecular complexity index is 609. The first kappa shape index (κ1) is 16.5. The molecule has 0 aliphatic carbocycles. The van der Waals surface area contributed by atoms with Crippen molar-refractivity contribution >= 4 is 5.78 Å². The van der Waals surface area contributed by atoms with E-state index in [2.05, 4.69) is 32.9 Å². The zero-order valence-electron chi connectivity index (χ0n) is 13.9. The number of benzene rings is 2. The SMILES string of the molecule is CCCC(CC)(CC)c1ccccc1C(=O)c1ccccc1. The van der Waals surface area contributed by atoms with E-state index in [0.29, 0.717) is 0 Å². The molecule has 0 atom stereocenters. The Labute approximate surface area is 134 Å². The van der Waals surface area contributed by atoms with Gasteiger partial charge in [0, 0.05) is 11.1 Å². The second kappa shape index (κ2) is 7.40. The molecule has 2 rings (SSSR count). The average molecular weight is 294 g/mol. The van der Waals surface area contributed by atoms with Gasteiger partial charge >= 0.3 is 0 Å². The van der Waals surface area contributed by atoms with Crippen LogP contribution in [0.2, 0.25) is 0 Å². The molecule has 2 aromatic rings. The highest BCUT2D eigenvalue weighted by atomic mass is 16.1. The lowest BCUT2D eigenvalue weighted by molar-refractivity contribution is 0.103. The molecule has 0 aliphatic rings. The minimum atomic E-state index is 0.107.